The molecule has 0 heterocycles. The van der Waals surface area contributed by atoms with Crippen LogP contribution in [0.5, 0.6) is 0 Å². The minimum absolute atomic E-state index is 0.0166. The van der Waals surface area contributed by atoms with E-state index in [-0.39, 0.29) is 29.1 Å². The van der Waals surface area contributed by atoms with Crippen molar-refractivity contribution in [2.75, 3.05) is 39.5 Å². The van der Waals surface area contributed by atoms with E-state index in [1.54, 1.807) is 0 Å². The Hall–Kier alpha value is -1.40. The molecule has 0 aliphatic rings. The third-order valence-corrected chi connectivity index (χ3v) is 4.07. The van der Waals surface area contributed by atoms with Crippen LogP contribution < -0.4 is 10.6 Å². The molecule has 0 radical (unpaired) electrons. The van der Waals surface area contributed by atoms with E-state index in [2.05, 4.69) is 38.0 Å². The number of nitrogens with one attached hydrogen (secondary N) is 2. The molecule has 0 bridgehead atoms. The number of carbonyl (C=O) groups excluding carboxylic acids is 2. The Balaban J connectivity index is 4.01. The summed E-state index contributed by atoms with van der Waals surface area (Å²) >= 11 is 0. The fourth-order valence-electron chi connectivity index (χ4n) is 2.04. The number of rotatable bonds is 14. The second kappa shape index (κ2) is 12.9. The molecule has 0 fully saturated rings. The summed E-state index contributed by atoms with van der Waals surface area (Å²) in [6, 6.07) is 0. The van der Waals surface area contributed by atoms with E-state index in [0.717, 1.165) is 6.42 Å². The predicted molar refractivity (Wildman–Crippen MR) is 100 cm³/mol. The van der Waals surface area contributed by atoms with E-state index in [1.807, 2.05) is 6.92 Å². The van der Waals surface area contributed by atoms with Gasteiger partial charge in [-0.2, -0.15) is 0 Å². The van der Waals surface area contributed by atoms with Crippen LogP contribution >= 0.6 is 0 Å². The topological polar surface area (TPSA) is 76.7 Å². The monoisotopic (exact) mass is 356 g/mol. The molecule has 3 unspecified atom stereocenters. The highest BCUT2D eigenvalue weighted by atomic mass is 16.5. The smallest absolute Gasteiger partial charge is 0.243 e. The van der Waals surface area contributed by atoms with E-state index >= 15 is 0 Å². The summed E-state index contributed by atoms with van der Waals surface area (Å²) in [6.07, 6.45) is 2.22. The lowest BCUT2D eigenvalue weighted by atomic mass is 9.89. The van der Waals surface area contributed by atoms with Gasteiger partial charge in [0.05, 0.1) is 26.4 Å². The molecule has 0 aliphatic heterocycles. The van der Waals surface area contributed by atoms with Crippen molar-refractivity contribution >= 4 is 11.8 Å². The molecule has 0 rings (SSSR count). The highest BCUT2D eigenvalue weighted by Crippen LogP contribution is 2.22. The van der Waals surface area contributed by atoms with Gasteiger partial charge in [0.15, 0.2) is 0 Å². The third-order valence-electron chi connectivity index (χ3n) is 4.07. The molecule has 25 heavy (non-hydrogen) atoms. The fourth-order valence-corrected chi connectivity index (χ4v) is 2.04. The van der Waals surface area contributed by atoms with E-state index in [9.17, 15) is 9.59 Å². The maximum Gasteiger partial charge on any atom is 0.243 e. The summed E-state index contributed by atoms with van der Waals surface area (Å²) in [4.78, 5) is 22.0. The first-order valence-electron chi connectivity index (χ1n) is 9.02. The second-order valence-electron chi connectivity index (χ2n) is 7.29. The van der Waals surface area contributed by atoms with Gasteiger partial charge >= 0.3 is 0 Å². The van der Waals surface area contributed by atoms with Gasteiger partial charge in [0.2, 0.25) is 11.8 Å². The molecule has 3 atom stereocenters. The van der Waals surface area contributed by atoms with Crippen molar-refractivity contribution in [1.29, 1.82) is 0 Å². The van der Waals surface area contributed by atoms with Crippen molar-refractivity contribution in [3.8, 4) is 0 Å². The van der Waals surface area contributed by atoms with Crippen LogP contribution in [0.3, 0.4) is 0 Å². The Morgan fingerprint density at radius 2 is 1.56 bits per heavy atom. The summed E-state index contributed by atoms with van der Waals surface area (Å²) in [6.45, 7) is 16.9. The molecule has 6 heteroatoms. The highest BCUT2D eigenvalue weighted by Gasteiger charge is 2.23. The van der Waals surface area contributed by atoms with Crippen molar-refractivity contribution in [3.05, 3.63) is 12.7 Å². The van der Waals surface area contributed by atoms with Crippen LogP contribution in [-0.4, -0.2) is 51.3 Å². The predicted octanol–water partition coefficient (Wildman–Crippen LogP) is 2.15. The van der Waals surface area contributed by atoms with Crippen LogP contribution in [0.1, 0.15) is 41.0 Å². The largest absolute Gasteiger partial charge is 0.380 e. The van der Waals surface area contributed by atoms with Gasteiger partial charge in [-0.25, -0.2) is 0 Å². The Morgan fingerprint density at radius 1 is 1.08 bits per heavy atom. The van der Waals surface area contributed by atoms with Gasteiger partial charge in [-0.3, -0.25) is 9.59 Å². The van der Waals surface area contributed by atoms with Crippen molar-refractivity contribution in [1.82, 2.24) is 10.6 Å². The van der Waals surface area contributed by atoms with Crippen LogP contribution in [0.4, 0.5) is 0 Å². The van der Waals surface area contributed by atoms with E-state index in [0.29, 0.717) is 39.5 Å². The van der Waals surface area contributed by atoms with Crippen molar-refractivity contribution < 1.29 is 19.1 Å². The lowest BCUT2D eigenvalue weighted by Gasteiger charge is -2.29. The molecule has 2 N–H and O–H groups in total. The quantitative estimate of drug-likeness (QED) is 0.468. The molecule has 0 saturated heterocycles. The molecule has 6 nitrogen and oxygen atoms in total. The van der Waals surface area contributed by atoms with Gasteiger partial charge in [-0.05, 0) is 24.3 Å². The maximum atomic E-state index is 11.1. The zero-order chi connectivity index (χ0) is 19.3. The first kappa shape index (κ1) is 23.6. The molecule has 0 saturated carbocycles. The Morgan fingerprint density at radius 3 is 1.96 bits per heavy atom. The average Bonchev–Trinajstić information content (AvgIpc) is 2.57. The average molecular weight is 357 g/mol. The molecule has 146 valence electrons. The minimum Gasteiger partial charge on any atom is -0.380 e. The summed E-state index contributed by atoms with van der Waals surface area (Å²) in [5.74, 6) is 0.340. The van der Waals surface area contributed by atoms with E-state index in [4.69, 9.17) is 9.47 Å². The van der Waals surface area contributed by atoms with Crippen molar-refractivity contribution in [3.63, 3.8) is 0 Å². The fraction of sp³-hybridized carbons (Fsp3) is 0.789. The number of hydrogen-bond donors (Lipinski definition) is 2. The first-order chi connectivity index (χ1) is 11.7. The molecular weight excluding hydrogens is 320 g/mol. The molecule has 2 amide bonds. The molecule has 0 aromatic carbocycles. The van der Waals surface area contributed by atoms with Gasteiger partial charge in [0, 0.05) is 25.4 Å². The summed E-state index contributed by atoms with van der Waals surface area (Å²) in [5, 5.41) is 5.57. The van der Waals surface area contributed by atoms with Crippen LogP contribution in [-0.2, 0) is 19.1 Å². The summed E-state index contributed by atoms with van der Waals surface area (Å²) in [5.41, 5.74) is -0.0438. The van der Waals surface area contributed by atoms with Gasteiger partial charge in [-0.15, -0.1) is 0 Å². The molecular formula is C19H36N2O4. The third kappa shape index (κ3) is 12.6. The number of carbonyl (C=O) groups is 2. The highest BCUT2D eigenvalue weighted by molar-refractivity contribution is 5.86. The van der Waals surface area contributed by atoms with Crippen LogP contribution in [0.15, 0.2) is 12.7 Å². The lowest BCUT2D eigenvalue weighted by molar-refractivity contribution is -0.119. The van der Waals surface area contributed by atoms with Gasteiger partial charge < -0.3 is 20.1 Å². The zero-order valence-electron chi connectivity index (χ0n) is 16.5. The first-order valence-corrected chi connectivity index (χ1v) is 9.02. The van der Waals surface area contributed by atoms with E-state index in [1.165, 1.54) is 13.0 Å². The van der Waals surface area contributed by atoms with Crippen LogP contribution in [0.2, 0.25) is 0 Å². The Bertz CT molecular complexity index is 414. The Kier molecular flexibility index (Phi) is 12.2. The van der Waals surface area contributed by atoms with Crippen molar-refractivity contribution in [2.45, 2.75) is 41.0 Å². The number of hydrogen-bond acceptors (Lipinski definition) is 4. The van der Waals surface area contributed by atoms with Gasteiger partial charge in [-0.1, -0.05) is 34.3 Å². The normalized spacial score (nSPS) is 15.7. The standard InChI is InChI=1S/C19H36N2O4/c1-7-18(23)21-10-16(4)12-25-14-19(6,8-2)13-24-11-15(3)9-20-17(5)22/h7,15-16H,1,8-14H2,2-6H3,(H,20,22)(H,21,23). The summed E-state index contributed by atoms with van der Waals surface area (Å²) in [7, 11) is 0. The van der Waals surface area contributed by atoms with Gasteiger partial charge in [0.25, 0.3) is 0 Å². The maximum absolute atomic E-state index is 11.1. The van der Waals surface area contributed by atoms with Crippen molar-refractivity contribution in [2.24, 2.45) is 17.3 Å². The molecule has 0 aromatic rings. The zero-order valence-corrected chi connectivity index (χ0v) is 16.5. The molecule has 0 aliphatic carbocycles. The molecule has 0 spiro atoms. The van der Waals surface area contributed by atoms with Crippen LogP contribution in [0.25, 0.3) is 0 Å². The van der Waals surface area contributed by atoms with Gasteiger partial charge in [0.1, 0.15) is 0 Å². The number of ether oxygens (including phenoxy) is 2. The molecule has 0 aromatic heterocycles. The minimum atomic E-state index is -0.160. The number of amides is 2. The van der Waals surface area contributed by atoms with Crippen LogP contribution in [0, 0.1) is 17.3 Å². The summed E-state index contributed by atoms with van der Waals surface area (Å²) < 4.78 is 11.7. The second-order valence-corrected chi connectivity index (χ2v) is 7.29. The van der Waals surface area contributed by atoms with E-state index < -0.39 is 0 Å². The Labute approximate surface area is 152 Å². The lowest BCUT2D eigenvalue weighted by Crippen LogP contribution is -2.33. The SMILES string of the molecule is C=CC(=O)NCC(C)COCC(C)(CC)COCC(C)CNC(C)=O.